The van der Waals surface area contributed by atoms with Crippen LogP contribution in [0.2, 0.25) is 0 Å². The van der Waals surface area contributed by atoms with Gasteiger partial charge in [0.2, 0.25) is 24.6 Å². The largest absolute Gasteiger partial charge is 1.60 e. The van der Waals surface area contributed by atoms with Crippen molar-refractivity contribution in [2.24, 2.45) is 0 Å². The first kappa shape index (κ1) is 31.7. The van der Waals surface area contributed by atoms with Gasteiger partial charge in [-0.15, -0.1) is 0 Å². The quantitative estimate of drug-likeness (QED) is 0.174. The summed E-state index contributed by atoms with van der Waals surface area (Å²) in [4.78, 5) is 51.3. The molecule has 0 radical (unpaired) electrons. The number of halogens is 6. The highest BCUT2D eigenvalue weighted by molar-refractivity contribution is 7.40. The Morgan fingerprint density at radius 2 is 0.526 bits per heavy atom. The van der Waals surface area contributed by atoms with E-state index >= 15 is 0 Å². The predicted octanol–water partition coefficient (Wildman–Crippen LogP) is -4.27. The van der Waals surface area contributed by atoms with Crippen molar-refractivity contribution in [3.05, 3.63) is 0 Å². The van der Waals surface area contributed by atoms with Crippen molar-refractivity contribution in [3.63, 3.8) is 0 Å². The minimum Gasteiger partial charge on any atom is -0.822 e. The smallest absolute Gasteiger partial charge is 0.822 e. The molecular weight excluding hydrogens is 388 g/mol. The average Bonchev–Trinajstić information content (AvgIpc) is 1.99. The monoisotopic (exact) mass is 388 g/mol. The molecule has 0 aromatic heterocycles. The number of hydrogen-bond acceptors (Lipinski definition) is 8. The van der Waals surface area contributed by atoms with Crippen molar-refractivity contribution >= 4 is 46.2 Å². The summed E-state index contributed by atoms with van der Waals surface area (Å²) < 4.78 is 75.0. The van der Waals surface area contributed by atoms with E-state index in [4.69, 9.17) is 38.5 Å². The molecule has 0 spiro atoms. The van der Waals surface area contributed by atoms with E-state index in [9.17, 15) is 24.6 Å². The van der Waals surface area contributed by atoms with Crippen LogP contribution in [0.15, 0.2) is 0 Å². The second-order valence-corrected chi connectivity index (χ2v) is 3.33. The lowest BCUT2D eigenvalue weighted by Gasteiger charge is -2.36. The lowest BCUT2D eigenvalue weighted by Crippen LogP contribution is -2.24. The Morgan fingerprint density at radius 1 is 0.526 bits per heavy atom. The van der Waals surface area contributed by atoms with Gasteiger partial charge in [-0.2, -0.15) is 15.6 Å². The first-order chi connectivity index (χ1) is 8.24. The van der Waals surface area contributed by atoms with Gasteiger partial charge >= 0.3 is 30.6 Å². The summed E-state index contributed by atoms with van der Waals surface area (Å²) in [5.41, 5.74) is 0. The topological polar surface area (TPSA) is 172 Å². The van der Waals surface area contributed by atoms with Crippen molar-refractivity contribution in [3.8, 4) is 0 Å². The molecular formula is F6O8P2Si3. The fourth-order valence-corrected chi connectivity index (χ4v) is 0. The molecule has 0 unspecified atom stereocenters. The normalized spacial score (nSPS) is 7.79. The van der Waals surface area contributed by atoms with E-state index in [1.54, 1.807) is 0 Å². The molecule has 0 N–H and O–H groups in total. The van der Waals surface area contributed by atoms with Gasteiger partial charge in [0, 0.05) is 0 Å². The van der Waals surface area contributed by atoms with Crippen molar-refractivity contribution < 1.29 is 63.1 Å². The van der Waals surface area contributed by atoms with Crippen LogP contribution in [-0.2, 0) is 9.13 Å². The molecule has 0 heterocycles. The SMILES string of the molecule is F[Si+2]F.F[Si+2]F.F[Si+2]F.O=P([O-])([O-])[O-].O=P([O-])([O-])[O-]. The van der Waals surface area contributed by atoms with Crippen molar-refractivity contribution in [1.82, 2.24) is 0 Å². The van der Waals surface area contributed by atoms with Crippen LogP contribution in [0, 0.1) is 0 Å². The van der Waals surface area contributed by atoms with Gasteiger partial charge in [0.05, 0.1) is 0 Å². The minimum absolute atomic E-state index is 1.92. The highest BCUT2D eigenvalue weighted by Crippen LogP contribution is 2.03. The van der Waals surface area contributed by atoms with Crippen LogP contribution < -0.4 is 29.4 Å². The van der Waals surface area contributed by atoms with E-state index in [0.29, 0.717) is 0 Å². The summed E-state index contributed by atoms with van der Waals surface area (Å²) in [6, 6.07) is 0. The highest BCUT2D eigenvalue weighted by Gasteiger charge is 2.48. The van der Waals surface area contributed by atoms with Gasteiger partial charge in [-0.3, -0.25) is 0 Å². The summed E-state index contributed by atoms with van der Waals surface area (Å²) in [6.07, 6.45) is 0. The van der Waals surface area contributed by atoms with Crippen LogP contribution in [0.1, 0.15) is 0 Å². The van der Waals surface area contributed by atoms with Gasteiger partial charge < -0.3 is 38.5 Å². The maximum absolute atomic E-state index is 9.65. The van der Waals surface area contributed by atoms with Gasteiger partial charge in [-0.25, -0.2) is 0 Å². The van der Waals surface area contributed by atoms with E-state index in [1.807, 2.05) is 0 Å². The third-order valence-electron chi connectivity index (χ3n) is 0. The summed E-state index contributed by atoms with van der Waals surface area (Å²) in [7, 11) is -16.5. The van der Waals surface area contributed by atoms with Gasteiger partial charge in [0.25, 0.3) is 0 Å². The first-order valence-electron chi connectivity index (χ1n) is 2.59. The second-order valence-electron chi connectivity index (χ2n) is 1.11. The number of hydrogen-bond donors (Lipinski definition) is 0. The van der Waals surface area contributed by atoms with Crippen LogP contribution in [-0.4, -0.2) is 30.6 Å². The van der Waals surface area contributed by atoms with Gasteiger partial charge in [-0.05, 0) is 0 Å². The zero-order chi connectivity index (χ0) is 17.1. The van der Waals surface area contributed by atoms with Crippen molar-refractivity contribution in [2.45, 2.75) is 0 Å². The zero-order valence-electron chi connectivity index (χ0n) is 7.93. The molecule has 19 heavy (non-hydrogen) atoms. The molecule has 0 aliphatic rings. The average molecular weight is 388 g/mol. The molecule has 0 bridgehead atoms. The van der Waals surface area contributed by atoms with E-state index in [2.05, 4.69) is 0 Å². The Morgan fingerprint density at radius 3 is 0.526 bits per heavy atom. The minimum atomic E-state index is -5.39. The Kier molecular flexibility index (Phi) is 39.3. The second kappa shape index (κ2) is 23.5. The van der Waals surface area contributed by atoms with Gasteiger partial charge in [-0.1, -0.05) is 0 Å². The maximum atomic E-state index is 9.65. The Labute approximate surface area is 110 Å². The fourth-order valence-electron chi connectivity index (χ4n) is 0. The lowest BCUT2D eigenvalue weighted by atomic mass is 15.8. The van der Waals surface area contributed by atoms with E-state index in [-0.39, 0.29) is 0 Å². The third kappa shape index (κ3) is 24600. The third-order valence-corrected chi connectivity index (χ3v) is 0. The standard InChI is InChI=1S/3F2Si.2H3O4P/c3*1-3-2;2*1-5(2,3)4/h;;;2*(H3,1,2,3,4)/q3*+2;;/p-6. The number of rotatable bonds is 0. The molecule has 0 atom stereocenters. The van der Waals surface area contributed by atoms with Crippen LogP contribution in [0.5, 0.6) is 0 Å². The summed E-state index contributed by atoms with van der Waals surface area (Å²) in [5.74, 6) is 0. The zero-order valence-corrected chi connectivity index (χ0v) is 12.7. The summed E-state index contributed by atoms with van der Waals surface area (Å²) in [5, 5.41) is 0. The molecule has 0 aliphatic heterocycles. The maximum Gasteiger partial charge on any atom is 1.60 e. The fraction of sp³-hybridized carbons (Fsp3) is 0. The Bertz CT molecular complexity index is 177. The molecule has 0 aromatic carbocycles. The van der Waals surface area contributed by atoms with Crippen LogP contribution in [0.25, 0.3) is 0 Å². The Hall–Kier alpha value is 0.451. The highest BCUT2D eigenvalue weighted by atomic mass is 31.2. The van der Waals surface area contributed by atoms with Crippen molar-refractivity contribution in [1.29, 1.82) is 0 Å². The van der Waals surface area contributed by atoms with Gasteiger partial charge in [0.15, 0.2) is 0 Å². The summed E-state index contributed by atoms with van der Waals surface area (Å²) >= 11 is 0. The lowest BCUT2D eigenvalue weighted by molar-refractivity contribution is -0.434. The molecule has 112 valence electrons. The van der Waals surface area contributed by atoms with Gasteiger partial charge in [0.1, 0.15) is 0 Å². The molecule has 0 fully saturated rings. The molecule has 0 aliphatic carbocycles. The van der Waals surface area contributed by atoms with Crippen LogP contribution in [0.4, 0.5) is 24.6 Å². The molecule has 0 amide bonds. The first-order valence-corrected chi connectivity index (χ1v) is 7.78. The molecule has 0 saturated carbocycles. The van der Waals surface area contributed by atoms with Crippen molar-refractivity contribution in [2.75, 3.05) is 0 Å². The molecule has 19 heteroatoms. The van der Waals surface area contributed by atoms with Crippen LogP contribution >= 0.6 is 15.6 Å². The van der Waals surface area contributed by atoms with Crippen LogP contribution in [0.3, 0.4) is 0 Å². The van der Waals surface area contributed by atoms with E-state index in [1.165, 1.54) is 0 Å². The molecule has 0 rings (SSSR count). The molecule has 0 aromatic rings. The Balaban J connectivity index is -0.0000000442. The van der Waals surface area contributed by atoms with E-state index in [0.717, 1.165) is 0 Å². The molecule has 0 saturated heterocycles. The summed E-state index contributed by atoms with van der Waals surface area (Å²) in [6.45, 7) is 0. The predicted molar refractivity (Wildman–Crippen MR) is 39.1 cm³/mol. The van der Waals surface area contributed by atoms with E-state index < -0.39 is 46.2 Å². The molecule has 8 nitrogen and oxygen atoms in total. The number of phosphoric acid groups is 2.